The summed E-state index contributed by atoms with van der Waals surface area (Å²) >= 11 is 9.28. The van der Waals surface area contributed by atoms with Crippen molar-refractivity contribution in [2.75, 3.05) is 26.4 Å². The molecule has 1 unspecified atom stereocenters. The molecule has 0 bridgehead atoms. The van der Waals surface area contributed by atoms with Gasteiger partial charge in [0.1, 0.15) is 0 Å². The first-order valence-electron chi connectivity index (χ1n) is 5.59. The molecule has 1 aromatic rings. The van der Waals surface area contributed by atoms with Crippen molar-refractivity contribution in [1.29, 1.82) is 0 Å². The number of rotatable bonds is 3. The summed E-state index contributed by atoms with van der Waals surface area (Å²) in [5, 5.41) is 3.21. The number of hydrogen-bond donors (Lipinski definition) is 1. The van der Waals surface area contributed by atoms with Crippen LogP contribution >= 0.6 is 27.5 Å². The molecule has 1 heterocycles. The number of halogens is 2. The van der Waals surface area contributed by atoms with E-state index in [0.717, 1.165) is 4.47 Å². The number of carbonyl (C=O) groups is 1. The normalized spacial score (nSPS) is 19.6. The van der Waals surface area contributed by atoms with Gasteiger partial charge in [0.15, 0.2) is 0 Å². The lowest BCUT2D eigenvalue weighted by atomic mass is 10.2. The Morgan fingerprint density at radius 2 is 2.33 bits per heavy atom. The Hall–Kier alpha value is -0.620. The Morgan fingerprint density at radius 3 is 3.06 bits per heavy atom. The van der Waals surface area contributed by atoms with Gasteiger partial charge in [0, 0.05) is 11.0 Å². The Balaban J connectivity index is 1.92. The molecular weight excluding hydrogens is 321 g/mol. The molecule has 18 heavy (non-hydrogen) atoms. The smallest absolute Gasteiger partial charge is 0.252 e. The first kappa shape index (κ1) is 13.8. The first-order valence-corrected chi connectivity index (χ1v) is 6.76. The third kappa shape index (κ3) is 3.68. The van der Waals surface area contributed by atoms with Crippen LogP contribution in [0.2, 0.25) is 5.02 Å². The fourth-order valence-electron chi connectivity index (χ4n) is 1.63. The number of amides is 1. The molecular formula is C12H13BrClNO3. The van der Waals surface area contributed by atoms with Crippen LogP contribution in [-0.2, 0) is 9.47 Å². The van der Waals surface area contributed by atoms with Crippen molar-refractivity contribution in [1.82, 2.24) is 5.32 Å². The summed E-state index contributed by atoms with van der Waals surface area (Å²) in [6, 6.07) is 5.16. The molecule has 4 nitrogen and oxygen atoms in total. The van der Waals surface area contributed by atoms with Gasteiger partial charge in [-0.05, 0) is 18.2 Å². The third-order valence-corrected chi connectivity index (χ3v) is 3.37. The van der Waals surface area contributed by atoms with Crippen molar-refractivity contribution in [2.45, 2.75) is 6.10 Å². The van der Waals surface area contributed by atoms with E-state index in [1.54, 1.807) is 18.2 Å². The predicted molar refractivity (Wildman–Crippen MR) is 72.0 cm³/mol. The van der Waals surface area contributed by atoms with Crippen LogP contribution in [-0.4, -0.2) is 38.4 Å². The van der Waals surface area contributed by atoms with Crippen molar-refractivity contribution < 1.29 is 14.3 Å². The van der Waals surface area contributed by atoms with E-state index < -0.39 is 0 Å². The van der Waals surface area contributed by atoms with Gasteiger partial charge in [-0.1, -0.05) is 27.5 Å². The molecule has 0 aromatic heterocycles. The van der Waals surface area contributed by atoms with Gasteiger partial charge in [-0.2, -0.15) is 0 Å². The van der Waals surface area contributed by atoms with E-state index in [2.05, 4.69) is 21.2 Å². The van der Waals surface area contributed by atoms with Crippen LogP contribution in [0.25, 0.3) is 0 Å². The van der Waals surface area contributed by atoms with Crippen molar-refractivity contribution in [3.8, 4) is 0 Å². The van der Waals surface area contributed by atoms with Crippen molar-refractivity contribution in [3.63, 3.8) is 0 Å². The molecule has 1 aliphatic heterocycles. The lowest BCUT2D eigenvalue weighted by molar-refractivity contribution is -0.0855. The maximum atomic E-state index is 11.9. The molecule has 1 aliphatic rings. The van der Waals surface area contributed by atoms with Gasteiger partial charge in [0.2, 0.25) is 0 Å². The van der Waals surface area contributed by atoms with Crippen LogP contribution in [0.5, 0.6) is 0 Å². The van der Waals surface area contributed by atoms with Gasteiger partial charge in [-0.3, -0.25) is 4.79 Å². The van der Waals surface area contributed by atoms with E-state index >= 15 is 0 Å². The van der Waals surface area contributed by atoms with Gasteiger partial charge < -0.3 is 14.8 Å². The maximum Gasteiger partial charge on any atom is 0.252 e. The van der Waals surface area contributed by atoms with Crippen LogP contribution in [0, 0.1) is 0 Å². The van der Waals surface area contributed by atoms with Crippen LogP contribution in [0.4, 0.5) is 0 Å². The monoisotopic (exact) mass is 333 g/mol. The van der Waals surface area contributed by atoms with Gasteiger partial charge in [0.05, 0.1) is 36.5 Å². The lowest BCUT2D eigenvalue weighted by Crippen LogP contribution is -2.39. The average molecular weight is 335 g/mol. The molecule has 1 saturated heterocycles. The van der Waals surface area contributed by atoms with Gasteiger partial charge in [-0.25, -0.2) is 0 Å². The van der Waals surface area contributed by atoms with Crippen LogP contribution in [0.15, 0.2) is 22.7 Å². The molecule has 0 radical (unpaired) electrons. The molecule has 0 saturated carbocycles. The van der Waals surface area contributed by atoms with Gasteiger partial charge >= 0.3 is 0 Å². The first-order chi connectivity index (χ1) is 8.66. The highest BCUT2D eigenvalue weighted by Crippen LogP contribution is 2.20. The predicted octanol–water partition coefficient (Wildman–Crippen LogP) is 2.25. The molecule has 0 spiro atoms. The van der Waals surface area contributed by atoms with E-state index in [4.69, 9.17) is 21.1 Å². The number of nitrogens with one attached hydrogen (secondary N) is 1. The summed E-state index contributed by atoms with van der Waals surface area (Å²) in [6.45, 7) is 2.11. The highest BCUT2D eigenvalue weighted by molar-refractivity contribution is 9.10. The standard InChI is InChI=1S/C12H13BrClNO3/c13-8-1-2-11(14)10(5-8)12(16)15-6-9-7-17-3-4-18-9/h1-2,5,9H,3-4,6-7H2,(H,15,16). The minimum Gasteiger partial charge on any atom is -0.376 e. The van der Waals surface area contributed by atoms with Gasteiger partial charge in [-0.15, -0.1) is 0 Å². The quantitative estimate of drug-likeness (QED) is 0.922. The van der Waals surface area contributed by atoms with E-state index in [-0.39, 0.29) is 12.0 Å². The van der Waals surface area contributed by atoms with Crippen LogP contribution in [0.1, 0.15) is 10.4 Å². The summed E-state index contributed by atoms with van der Waals surface area (Å²) < 4.78 is 11.5. The van der Waals surface area contributed by atoms with E-state index in [1.165, 1.54) is 0 Å². The summed E-state index contributed by atoms with van der Waals surface area (Å²) in [7, 11) is 0. The van der Waals surface area contributed by atoms with Crippen LogP contribution in [0.3, 0.4) is 0 Å². The largest absolute Gasteiger partial charge is 0.376 e. The minimum atomic E-state index is -0.213. The van der Waals surface area contributed by atoms with Crippen LogP contribution < -0.4 is 5.32 Å². The fourth-order valence-corrected chi connectivity index (χ4v) is 2.19. The van der Waals surface area contributed by atoms with Crippen molar-refractivity contribution >= 4 is 33.4 Å². The second-order valence-corrected chi connectivity index (χ2v) is 5.22. The average Bonchev–Trinajstić information content (AvgIpc) is 2.40. The second-order valence-electron chi connectivity index (χ2n) is 3.90. The molecule has 1 N–H and O–H groups in total. The zero-order valence-corrected chi connectivity index (χ0v) is 12.0. The summed E-state index contributed by atoms with van der Waals surface area (Å²) in [5.41, 5.74) is 0.447. The summed E-state index contributed by atoms with van der Waals surface area (Å²) in [4.78, 5) is 11.9. The van der Waals surface area contributed by atoms with E-state index in [9.17, 15) is 4.79 Å². The summed E-state index contributed by atoms with van der Waals surface area (Å²) in [6.07, 6.45) is -0.0892. The third-order valence-electron chi connectivity index (χ3n) is 2.55. The number of benzene rings is 1. The Morgan fingerprint density at radius 1 is 1.50 bits per heavy atom. The fraction of sp³-hybridized carbons (Fsp3) is 0.417. The molecule has 1 aromatic carbocycles. The number of hydrogen-bond acceptors (Lipinski definition) is 3. The highest BCUT2D eigenvalue weighted by Gasteiger charge is 2.17. The summed E-state index contributed by atoms with van der Waals surface area (Å²) in [5.74, 6) is -0.213. The van der Waals surface area contributed by atoms with E-state index in [0.29, 0.717) is 37.0 Å². The van der Waals surface area contributed by atoms with Gasteiger partial charge in [0.25, 0.3) is 5.91 Å². The molecule has 0 aliphatic carbocycles. The van der Waals surface area contributed by atoms with E-state index in [1.807, 2.05) is 0 Å². The second kappa shape index (κ2) is 6.52. The minimum absolute atomic E-state index is 0.0892. The highest BCUT2D eigenvalue weighted by atomic mass is 79.9. The molecule has 98 valence electrons. The Labute approximate surface area is 119 Å². The topological polar surface area (TPSA) is 47.6 Å². The lowest BCUT2D eigenvalue weighted by Gasteiger charge is -2.23. The number of carbonyl (C=O) groups excluding carboxylic acids is 1. The maximum absolute atomic E-state index is 11.9. The van der Waals surface area contributed by atoms with Crippen molar-refractivity contribution in [3.05, 3.63) is 33.3 Å². The zero-order valence-electron chi connectivity index (χ0n) is 9.62. The Bertz CT molecular complexity index is 435. The molecule has 1 fully saturated rings. The molecule has 1 amide bonds. The zero-order chi connectivity index (χ0) is 13.0. The molecule has 1 atom stereocenters. The molecule has 2 rings (SSSR count). The van der Waals surface area contributed by atoms with Crippen molar-refractivity contribution in [2.24, 2.45) is 0 Å². The Kier molecular flexibility index (Phi) is 5.00. The number of ether oxygens (including phenoxy) is 2. The SMILES string of the molecule is O=C(NCC1COCCO1)c1cc(Br)ccc1Cl. The molecule has 6 heteroatoms.